The molecule has 1 aliphatic carbocycles. The Kier molecular flexibility index (Phi) is 4.25. The first-order valence-corrected chi connectivity index (χ1v) is 9.10. The number of benzene rings is 1. The number of carbonyl (C=O) groups excluding carboxylic acids is 1. The fraction of sp³-hybridized carbons (Fsp3) is 0.353. The van der Waals surface area contributed by atoms with Gasteiger partial charge in [-0.25, -0.2) is 0 Å². The highest BCUT2D eigenvalue weighted by Crippen LogP contribution is 2.29. The van der Waals surface area contributed by atoms with Crippen molar-refractivity contribution in [3.63, 3.8) is 0 Å². The average molecular weight is 342 g/mol. The van der Waals surface area contributed by atoms with Crippen LogP contribution in [0.4, 0.5) is 0 Å². The molecule has 1 fully saturated rings. The number of carbonyl (C=O) groups is 1. The number of aromatic amines is 1. The highest BCUT2D eigenvalue weighted by atomic mass is 32.2. The number of para-hydroxylation sites is 1. The highest BCUT2D eigenvalue weighted by Gasteiger charge is 2.18. The van der Waals surface area contributed by atoms with Crippen molar-refractivity contribution in [1.29, 1.82) is 0 Å². The molecule has 6 nitrogen and oxygen atoms in total. The number of amides is 1. The average Bonchev–Trinajstić information content (AvgIpc) is 3.33. The van der Waals surface area contributed by atoms with Gasteiger partial charge >= 0.3 is 0 Å². The Bertz CT molecular complexity index is 851. The molecule has 2 heterocycles. The number of nitrogens with zero attached hydrogens (tertiary/aromatic N) is 2. The number of thioether (sulfide) groups is 1. The second kappa shape index (κ2) is 6.68. The van der Waals surface area contributed by atoms with Gasteiger partial charge in [0.1, 0.15) is 0 Å². The molecule has 1 aromatic carbocycles. The van der Waals surface area contributed by atoms with E-state index >= 15 is 0 Å². The molecular weight excluding hydrogens is 324 g/mol. The molecule has 2 aromatic heterocycles. The van der Waals surface area contributed by atoms with Crippen molar-refractivity contribution in [2.45, 2.75) is 36.9 Å². The van der Waals surface area contributed by atoms with Crippen LogP contribution in [-0.2, 0) is 4.79 Å². The molecule has 1 aliphatic rings. The van der Waals surface area contributed by atoms with Gasteiger partial charge in [0.05, 0.1) is 11.3 Å². The first-order valence-electron chi connectivity index (χ1n) is 8.12. The second-order valence-corrected chi connectivity index (χ2v) is 6.89. The van der Waals surface area contributed by atoms with Crippen molar-refractivity contribution in [3.05, 3.63) is 30.5 Å². The van der Waals surface area contributed by atoms with Crippen LogP contribution in [0.3, 0.4) is 0 Å². The minimum Gasteiger partial charge on any atom is -0.411 e. The maximum atomic E-state index is 12.0. The van der Waals surface area contributed by atoms with E-state index in [1.54, 1.807) is 0 Å². The summed E-state index contributed by atoms with van der Waals surface area (Å²) in [6.07, 6.45) is 6.44. The number of hydrogen-bond donors (Lipinski definition) is 2. The maximum absolute atomic E-state index is 12.0. The van der Waals surface area contributed by atoms with E-state index in [-0.39, 0.29) is 5.91 Å². The highest BCUT2D eigenvalue weighted by molar-refractivity contribution is 7.99. The molecule has 3 aromatic rings. The Hall–Kier alpha value is -2.28. The Labute approximate surface area is 143 Å². The van der Waals surface area contributed by atoms with E-state index in [2.05, 4.69) is 20.5 Å². The zero-order valence-electron chi connectivity index (χ0n) is 13.1. The molecule has 0 radical (unpaired) electrons. The number of nitrogens with one attached hydrogen (secondary N) is 2. The Balaban J connectivity index is 1.40. The van der Waals surface area contributed by atoms with E-state index in [4.69, 9.17) is 4.42 Å². The lowest BCUT2D eigenvalue weighted by Crippen LogP contribution is -2.33. The number of hydrogen-bond acceptors (Lipinski definition) is 5. The lowest BCUT2D eigenvalue weighted by atomic mass is 10.2. The number of rotatable bonds is 5. The van der Waals surface area contributed by atoms with Crippen molar-refractivity contribution in [3.8, 4) is 11.5 Å². The van der Waals surface area contributed by atoms with E-state index in [1.807, 2.05) is 30.5 Å². The second-order valence-electron chi connectivity index (χ2n) is 5.96. The van der Waals surface area contributed by atoms with E-state index in [9.17, 15) is 4.79 Å². The van der Waals surface area contributed by atoms with Gasteiger partial charge in [-0.1, -0.05) is 42.8 Å². The molecule has 0 bridgehead atoms. The van der Waals surface area contributed by atoms with Gasteiger partial charge in [0.15, 0.2) is 0 Å². The van der Waals surface area contributed by atoms with Crippen LogP contribution in [0.15, 0.2) is 40.1 Å². The number of fused-ring (bicyclic) bond motifs is 1. The van der Waals surface area contributed by atoms with Crippen LogP contribution in [-0.4, -0.2) is 32.9 Å². The van der Waals surface area contributed by atoms with Crippen molar-refractivity contribution in [1.82, 2.24) is 20.5 Å². The fourth-order valence-corrected chi connectivity index (χ4v) is 3.67. The molecule has 24 heavy (non-hydrogen) atoms. The molecule has 0 aliphatic heterocycles. The molecule has 0 spiro atoms. The summed E-state index contributed by atoms with van der Waals surface area (Å²) in [4.78, 5) is 15.1. The van der Waals surface area contributed by atoms with Gasteiger partial charge in [-0.05, 0) is 18.9 Å². The van der Waals surface area contributed by atoms with Gasteiger partial charge < -0.3 is 14.7 Å². The van der Waals surface area contributed by atoms with E-state index in [0.29, 0.717) is 22.9 Å². The summed E-state index contributed by atoms with van der Waals surface area (Å²) in [5, 5.41) is 12.6. The van der Waals surface area contributed by atoms with Gasteiger partial charge in [-0.2, -0.15) is 0 Å². The molecule has 1 saturated carbocycles. The third kappa shape index (κ3) is 3.17. The predicted molar refractivity (Wildman–Crippen MR) is 92.7 cm³/mol. The molecular formula is C17H18N4O2S. The smallest absolute Gasteiger partial charge is 0.277 e. The summed E-state index contributed by atoms with van der Waals surface area (Å²) >= 11 is 1.27. The van der Waals surface area contributed by atoms with E-state index < -0.39 is 0 Å². The quantitative estimate of drug-likeness (QED) is 0.695. The van der Waals surface area contributed by atoms with Crippen molar-refractivity contribution in [2.24, 2.45) is 0 Å². The molecule has 0 saturated heterocycles. The number of H-pyrrole nitrogens is 1. The standard InChI is InChI=1S/C17H18N4O2S/c22-15(19-11-5-1-2-6-11)10-24-17-21-20-16(23-17)13-9-18-14-8-4-3-7-12(13)14/h3-4,7-9,11,18H,1-2,5-6,10H2,(H,19,22). The molecule has 124 valence electrons. The molecule has 7 heteroatoms. The van der Waals surface area contributed by atoms with Crippen LogP contribution in [0.5, 0.6) is 0 Å². The van der Waals surface area contributed by atoms with Crippen LogP contribution < -0.4 is 5.32 Å². The zero-order chi connectivity index (χ0) is 16.4. The Morgan fingerprint density at radius 2 is 2.12 bits per heavy atom. The molecule has 2 N–H and O–H groups in total. The number of aromatic nitrogens is 3. The summed E-state index contributed by atoms with van der Waals surface area (Å²) in [5.41, 5.74) is 1.90. The Morgan fingerprint density at radius 1 is 1.29 bits per heavy atom. The molecule has 0 unspecified atom stereocenters. The molecule has 0 atom stereocenters. The summed E-state index contributed by atoms with van der Waals surface area (Å²) in [7, 11) is 0. The van der Waals surface area contributed by atoms with E-state index in [0.717, 1.165) is 29.3 Å². The van der Waals surface area contributed by atoms with Crippen LogP contribution in [0.2, 0.25) is 0 Å². The van der Waals surface area contributed by atoms with Gasteiger partial charge in [-0.15, -0.1) is 10.2 Å². The van der Waals surface area contributed by atoms with Gasteiger partial charge in [0.25, 0.3) is 11.1 Å². The van der Waals surface area contributed by atoms with Crippen molar-refractivity contribution in [2.75, 3.05) is 5.75 Å². The SMILES string of the molecule is O=C(CSc1nnc(-c2c[nH]c3ccccc23)o1)NC1CCCC1. The topological polar surface area (TPSA) is 83.8 Å². The van der Waals surface area contributed by atoms with Gasteiger partial charge in [0.2, 0.25) is 5.91 Å². The van der Waals surface area contributed by atoms with Crippen molar-refractivity contribution < 1.29 is 9.21 Å². The maximum Gasteiger partial charge on any atom is 0.277 e. The largest absolute Gasteiger partial charge is 0.411 e. The first-order chi connectivity index (χ1) is 11.8. The minimum atomic E-state index is 0.0266. The monoisotopic (exact) mass is 342 g/mol. The summed E-state index contributed by atoms with van der Waals surface area (Å²) < 4.78 is 5.70. The van der Waals surface area contributed by atoms with Crippen LogP contribution >= 0.6 is 11.8 Å². The predicted octanol–water partition coefficient (Wildman–Crippen LogP) is 3.37. The summed E-state index contributed by atoms with van der Waals surface area (Å²) in [6, 6.07) is 8.29. The Morgan fingerprint density at radius 3 is 3.00 bits per heavy atom. The van der Waals surface area contributed by atoms with E-state index in [1.165, 1.54) is 24.6 Å². The molecule has 1 amide bonds. The zero-order valence-corrected chi connectivity index (χ0v) is 13.9. The molecule has 4 rings (SSSR count). The van der Waals surface area contributed by atoms with Crippen LogP contribution in [0.1, 0.15) is 25.7 Å². The minimum absolute atomic E-state index is 0.0266. The first kappa shape index (κ1) is 15.3. The third-order valence-electron chi connectivity index (χ3n) is 4.27. The fourth-order valence-electron chi connectivity index (χ4n) is 3.09. The lowest BCUT2D eigenvalue weighted by molar-refractivity contribution is -0.119. The normalized spacial score (nSPS) is 15.2. The lowest BCUT2D eigenvalue weighted by Gasteiger charge is -2.10. The van der Waals surface area contributed by atoms with Crippen LogP contribution in [0.25, 0.3) is 22.4 Å². The van der Waals surface area contributed by atoms with Crippen molar-refractivity contribution >= 4 is 28.6 Å². The van der Waals surface area contributed by atoms with Crippen LogP contribution in [0, 0.1) is 0 Å². The third-order valence-corrected chi connectivity index (χ3v) is 5.09. The van der Waals surface area contributed by atoms with Gasteiger partial charge in [0, 0.05) is 23.1 Å². The van der Waals surface area contributed by atoms with Gasteiger partial charge in [-0.3, -0.25) is 4.79 Å². The summed E-state index contributed by atoms with van der Waals surface area (Å²) in [5.74, 6) is 0.788. The summed E-state index contributed by atoms with van der Waals surface area (Å²) in [6.45, 7) is 0.